The third-order valence-electron chi connectivity index (χ3n) is 6.34. The molecular formula is C29H27Br2ClN4O4. The van der Waals surface area contributed by atoms with Crippen LogP contribution in [0.15, 0.2) is 67.4 Å². The minimum atomic E-state index is -0.346. The van der Waals surface area contributed by atoms with E-state index in [1.807, 2.05) is 57.2 Å². The lowest BCUT2D eigenvalue weighted by atomic mass is 10.1. The van der Waals surface area contributed by atoms with Crippen molar-refractivity contribution in [3.05, 3.63) is 89.8 Å². The Hall–Kier alpha value is -3.21. The lowest BCUT2D eigenvalue weighted by molar-refractivity contribution is -0.118. The molecule has 0 bridgehead atoms. The Bertz CT molecular complexity index is 1670. The molecule has 11 heteroatoms. The highest BCUT2D eigenvalue weighted by atomic mass is 79.9. The number of ether oxygens (including phenoxy) is 2. The minimum absolute atomic E-state index is 0.0129. The number of para-hydroxylation sites is 1. The summed E-state index contributed by atoms with van der Waals surface area (Å²) in [5.41, 5.74) is 2.49. The van der Waals surface area contributed by atoms with Crippen molar-refractivity contribution in [3.63, 3.8) is 0 Å². The third kappa shape index (κ3) is 6.40. The fraction of sp³-hybridized carbons (Fsp3) is 0.241. The van der Waals surface area contributed by atoms with Crippen molar-refractivity contribution in [2.24, 2.45) is 5.10 Å². The zero-order valence-corrected chi connectivity index (χ0v) is 26.2. The van der Waals surface area contributed by atoms with Crippen molar-refractivity contribution in [2.75, 3.05) is 19.0 Å². The highest BCUT2D eigenvalue weighted by molar-refractivity contribution is 9.10. The van der Waals surface area contributed by atoms with Crippen molar-refractivity contribution in [3.8, 4) is 11.5 Å². The first kappa shape index (κ1) is 29.8. The average molecular weight is 691 g/mol. The summed E-state index contributed by atoms with van der Waals surface area (Å²) < 4.78 is 13.8. The van der Waals surface area contributed by atoms with Gasteiger partial charge in [0.05, 0.1) is 24.2 Å². The van der Waals surface area contributed by atoms with Gasteiger partial charge >= 0.3 is 0 Å². The summed E-state index contributed by atoms with van der Waals surface area (Å²) in [5.74, 6) is 0.686. The van der Waals surface area contributed by atoms with Crippen molar-refractivity contribution in [1.29, 1.82) is 0 Å². The molecule has 0 radical (unpaired) electrons. The molecule has 40 heavy (non-hydrogen) atoms. The molecule has 0 saturated carbocycles. The molecule has 1 atom stereocenters. The number of carbonyl (C=O) groups is 1. The summed E-state index contributed by atoms with van der Waals surface area (Å²) in [6.07, 6.45) is 2.28. The molecule has 0 fully saturated rings. The number of rotatable bonds is 9. The summed E-state index contributed by atoms with van der Waals surface area (Å²) in [6, 6.07) is 14.5. The number of aryl methyl sites for hydroxylation is 1. The normalized spacial score (nSPS) is 12.1. The van der Waals surface area contributed by atoms with Gasteiger partial charge in [-0.15, -0.1) is 0 Å². The van der Waals surface area contributed by atoms with Crippen LogP contribution in [0.3, 0.4) is 0 Å². The number of benzene rings is 3. The predicted molar refractivity (Wildman–Crippen MR) is 166 cm³/mol. The molecule has 1 heterocycles. The van der Waals surface area contributed by atoms with Crippen LogP contribution in [0.2, 0.25) is 5.02 Å². The molecule has 1 aromatic heterocycles. The fourth-order valence-corrected chi connectivity index (χ4v) is 4.94. The number of amides is 1. The van der Waals surface area contributed by atoms with E-state index in [4.69, 9.17) is 26.1 Å². The molecule has 3 aromatic carbocycles. The molecule has 0 aliphatic heterocycles. The Morgan fingerprint density at radius 2 is 1.98 bits per heavy atom. The number of hydrogen-bond donors (Lipinski definition) is 1. The van der Waals surface area contributed by atoms with Crippen LogP contribution >= 0.6 is 43.5 Å². The molecule has 1 N–H and O–H groups in total. The number of aromatic nitrogens is 2. The minimum Gasteiger partial charge on any atom is -0.493 e. The first-order valence-electron chi connectivity index (χ1n) is 12.4. The second-order valence-electron chi connectivity index (χ2n) is 9.08. The van der Waals surface area contributed by atoms with E-state index in [1.165, 1.54) is 18.0 Å². The van der Waals surface area contributed by atoms with E-state index >= 15 is 0 Å². The first-order chi connectivity index (χ1) is 19.1. The number of carbonyl (C=O) groups excluding carboxylic acids is 1. The SMILES string of the molecule is CC[C@H](C)c1nc2ccc(Br)cc2c(=O)n1N=Cc1cc(OC)c(OCC(=O)Nc2ccccc2C)c(Cl)c1Br. The molecule has 0 spiro atoms. The number of nitrogens with zero attached hydrogens (tertiary/aromatic N) is 3. The lowest BCUT2D eigenvalue weighted by Gasteiger charge is -2.16. The highest BCUT2D eigenvalue weighted by Crippen LogP contribution is 2.42. The molecular weight excluding hydrogens is 664 g/mol. The Labute approximate surface area is 253 Å². The van der Waals surface area contributed by atoms with Gasteiger partial charge < -0.3 is 14.8 Å². The van der Waals surface area contributed by atoms with E-state index in [-0.39, 0.29) is 34.8 Å². The van der Waals surface area contributed by atoms with Crippen LogP contribution in [-0.4, -0.2) is 35.5 Å². The van der Waals surface area contributed by atoms with Crippen molar-refractivity contribution < 1.29 is 14.3 Å². The number of nitrogens with one attached hydrogen (secondary N) is 1. The maximum atomic E-state index is 13.4. The van der Waals surface area contributed by atoms with Gasteiger partial charge in [-0.1, -0.05) is 59.6 Å². The quantitative estimate of drug-likeness (QED) is 0.186. The second-order valence-corrected chi connectivity index (χ2v) is 11.2. The topological polar surface area (TPSA) is 94.8 Å². The van der Waals surface area contributed by atoms with Gasteiger partial charge in [0.1, 0.15) is 10.8 Å². The molecule has 4 rings (SSSR count). The molecule has 4 aromatic rings. The van der Waals surface area contributed by atoms with Crippen LogP contribution in [0.4, 0.5) is 5.69 Å². The number of methoxy groups -OCH3 is 1. The standard InChI is InChI=1S/C29H27Br2ClN4O4/c1-5-16(2)28-35-22-11-10-19(30)13-20(22)29(38)36(28)33-14-18-12-23(39-4)27(26(32)25(18)31)40-15-24(37)34-21-9-7-6-8-17(21)3/h6-14,16H,5,15H2,1-4H3,(H,34,37)/t16-/m0/s1. The smallest absolute Gasteiger partial charge is 0.282 e. The molecule has 8 nitrogen and oxygen atoms in total. The van der Waals surface area contributed by atoms with Crippen molar-refractivity contribution in [2.45, 2.75) is 33.1 Å². The third-order valence-corrected chi connectivity index (χ3v) is 8.28. The van der Waals surface area contributed by atoms with E-state index in [0.29, 0.717) is 38.2 Å². The fourth-order valence-electron chi connectivity index (χ4n) is 3.92. The van der Waals surface area contributed by atoms with Gasteiger partial charge in [-0.2, -0.15) is 9.78 Å². The van der Waals surface area contributed by atoms with Crippen LogP contribution in [0, 0.1) is 6.92 Å². The second kappa shape index (κ2) is 13.0. The molecule has 208 valence electrons. The predicted octanol–water partition coefficient (Wildman–Crippen LogP) is 7.31. The Kier molecular flexibility index (Phi) is 9.65. The van der Waals surface area contributed by atoms with Crippen LogP contribution < -0.4 is 20.3 Å². The summed E-state index contributed by atoms with van der Waals surface area (Å²) in [4.78, 5) is 30.7. The maximum Gasteiger partial charge on any atom is 0.282 e. The van der Waals surface area contributed by atoms with Crippen LogP contribution in [0.25, 0.3) is 10.9 Å². The molecule has 0 aliphatic rings. The van der Waals surface area contributed by atoms with Gasteiger partial charge in [0.2, 0.25) is 0 Å². The summed E-state index contributed by atoms with van der Waals surface area (Å²) in [7, 11) is 1.47. The van der Waals surface area contributed by atoms with Crippen molar-refractivity contribution >= 4 is 72.2 Å². The van der Waals surface area contributed by atoms with Gasteiger partial charge in [0, 0.05) is 26.1 Å². The first-order valence-corrected chi connectivity index (χ1v) is 14.4. The Morgan fingerprint density at radius 3 is 2.67 bits per heavy atom. The van der Waals surface area contributed by atoms with E-state index in [2.05, 4.69) is 42.3 Å². The number of halogens is 3. The molecule has 0 saturated heterocycles. The van der Waals surface area contributed by atoms with Gasteiger partial charge in [-0.3, -0.25) is 9.59 Å². The van der Waals surface area contributed by atoms with E-state index in [1.54, 1.807) is 12.1 Å². The Balaban J connectivity index is 1.66. The summed E-state index contributed by atoms with van der Waals surface area (Å²) in [6.45, 7) is 5.64. The zero-order chi connectivity index (χ0) is 29.0. The number of anilines is 1. The van der Waals surface area contributed by atoms with Crippen molar-refractivity contribution in [1.82, 2.24) is 9.66 Å². The van der Waals surface area contributed by atoms with Crippen LogP contribution in [0.1, 0.15) is 43.1 Å². The van der Waals surface area contributed by atoms with E-state index < -0.39 is 0 Å². The van der Waals surface area contributed by atoms with Gasteiger partial charge in [0.25, 0.3) is 11.5 Å². The van der Waals surface area contributed by atoms with Crippen LogP contribution in [-0.2, 0) is 4.79 Å². The lowest BCUT2D eigenvalue weighted by Crippen LogP contribution is -2.23. The highest BCUT2D eigenvalue weighted by Gasteiger charge is 2.20. The van der Waals surface area contributed by atoms with Gasteiger partial charge in [0.15, 0.2) is 18.1 Å². The summed E-state index contributed by atoms with van der Waals surface area (Å²) in [5, 5.41) is 7.97. The average Bonchev–Trinajstić information content (AvgIpc) is 2.94. The summed E-state index contributed by atoms with van der Waals surface area (Å²) >= 11 is 13.6. The zero-order valence-electron chi connectivity index (χ0n) is 22.3. The van der Waals surface area contributed by atoms with Gasteiger partial charge in [-0.25, -0.2) is 4.98 Å². The Morgan fingerprint density at radius 1 is 1.23 bits per heavy atom. The van der Waals surface area contributed by atoms with E-state index in [0.717, 1.165) is 16.5 Å². The van der Waals surface area contributed by atoms with Gasteiger partial charge in [-0.05, 0) is 65.2 Å². The maximum absolute atomic E-state index is 13.4. The van der Waals surface area contributed by atoms with E-state index in [9.17, 15) is 9.59 Å². The molecule has 1 amide bonds. The molecule has 0 unspecified atom stereocenters. The number of hydrogen-bond acceptors (Lipinski definition) is 6. The number of fused-ring (bicyclic) bond motifs is 1. The molecule has 0 aliphatic carbocycles. The largest absolute Gasteiger partial charge is 0.493 e. The van der Waals surface area contributed by atoms with Crippen LogP contribution in [0.5, 0.6) is 11.5 Å². The monoisotopic (exact) mass is 688 g/mol.